The lowest BCUT2D eigenvalue weighted by molar-refractivity contribution is -0.124. The molecule has 0 saturated carbocycles. The fraction of sp³-hybridized carbons (Fsp3) is 0.364. The van der Waals surface area contributed by atoms with Gasteiger partial charge in [-0.05, 0) is 60.2 Å². The predicted octanol–water partition coefficient (Wildman–Crippen LogP) is 5.96. The van der Waals surface area contributed by atoms with Crippen LogP contribution in [0.1, 0.15) is 37.8 Å². The first-order valence-electron chi connectivity index (χ1n) is 9.24. The Bertz CT molecular complexity index is 766. The maximum Gasteiger partial charge on any atom is 0.392 e. The molecule has 0 aliphatic rings. The lowest BCUT2D eigenvalue weighted by Gasteiger charge is -2.23. The van der Waals surface area contributed by atoms with Crippen LogP contribution in [-0.2, 0) is 6.42 Å². The standard InChI is InChI=1S/C22H27F3N2O/c1-16(2)4-5-17-6-8-18(9-7-17)21(14-15-22(23,24)25)27(26)19-10-12-20(28-3)13-11-19/h6-14,16H,4-5,15,26H2,1-3H3/b21-14-. The van der Waals surface area contributed by atoms with Gasteiger partial charge < -0.3 is 4.74 Å². The van der Waals surface area contributed by atoms with Gasteiger partial charge in [0.05, 0.1) is 24.9 Å². The Kier molecular flexibility index (Phi) is 7.52. The van der Waals surface area contributed by atoms with Crippen molar-refractivity contribution in [2.75, 3.05) is 12.1 Å². The number of hydrogen-bond donors (Lipinski definition) is 1. The Hall–Kier alpha value is -2.47. The Balaban J connectivity index is 2.30. The molecular weight excluding hydrogens is 365 g/mol. The van der Waals surface area contributed by atoms with Crippen molar-refractivity contribution < 1.29 is 17.9 Å². The third-order valence-electron chi connectivity index (χ3n) is 4.40. The summed E-state index contributed by atoms with van der Waals surface area (Å²) in [6, 6.07) is 14.4. The van der Waals surface area contributed by atoms with E-state index >= 15 is 0 Å². The summed E-state index contributed by atoms with van der Waals surface area (Å²) in [5.74, 6) is 7.43. The maximum atomic E-state index is 12.8. The molecule has 2 aromatic rings. The highest BCUT2D eigenvalue weighted by Gasteiger charge is 2.26. The van der Waals surface area contributed by atoms with E-state index in [4.69, 9.17) is 10.6 Å². The van der Waals surface area contributed by atoms with E-state index < -0.39 is 12.6 Å². The van der Waals surface area contributed by atoms with Gasteiger partial charge in [0.1, 0.15) is 5.75 Å². The Morgan fingerprint density at radius 2 is 1.68 bits per heavy atom. The maximum absolute atomic E-state index is 12.8. The molecule has 3 nitrogen and oxygen atoms in total. The van der Waals surface area contributed by atoms with Gasteiger partial charge in [-0.15, -0.1) is 0 Å². The molecule has 2 rings (SSSR count). The number of nitrogens with zero attached hydrogens (tertiary/aromatic N) is 1. The smallest absolute Gasteiger partial charge is 0.392 e. The van der Waals surface area contributed by atoms with Crippen LogP contribution in [0.3, 0.4) is 0 Å². The molecule has 2 aromatic carbocycles. The second-order valence-electron chi connectivity index (χ2n) is 7.11. The molecule has 0 amide bonds. The van der Waals surface area contributed by atoms with E-state index in [9.17, 15) is 13.2 Å². The number of allylic oxidation sites excluding steroid dienone is 1. The van der Waals surface area contributed by atoms with Gasteiger partial charge in [-0.1, -0.05) is 38.1 Å². The van der Waals surface area contributed by atoms with Crippen LogP contribution in [0.4, 0.5) is 18.9 Å². The van der Waals surface area contributed by atoms with Crippen molar-refractivity contribution in [3.8, 4) is 5.75 Å². The lowest BCUT2D eigenvalue weighted by Crippen LogP contribution is -2.29. The van der Waals surface area contributed by atoms with Crippen LogP contribution >= 0.6 is 0 Å². The number of nitrogens with two attached hydrogens (primary N) is 1. The fourth-order valence-corrected chi connectivity index (χ4v) is 2.75. The molecule has 0 bridgehead atoms. The molecule has 0 heterocycles. The van der Waals surface area contributed by atoms with Crippen molar-refractivity contribution in [3.05, 3.63) is 65.7 Å². The van der Waals surface area contributed by atoms with Crippen LogP contribution in [0.25, 0.3) is 5.70 Å². The van der Waals surface area contributed by atoms with Gasteiger partial charge in [-0.3, -0.25) is 5.01 Å². The quantitative estimate of drug-likeness (QED) is 0.445. The zero-order chi connectivity index (χ0) is 20.7. The third-order valence-corrected chi connectivity index (χ3v) is 4.40. The van der Waals surface area contributed by atoms with Gasteiger partial charge in [0.2, 0.25) is 0 Å². The molecule has 6 heteroatoms. The van der Waals surface area contributed by atoms with Gasteiger partial charge in [-0.2, -0.15) is 13.2 Å². The highest BCUT2D eigenvalue weighted by Crippen LogP contribution is 2.29. The summed E-state index contributed by atoms with van der Waals surface area (Å²) >= 11 is 0. The molecule has 0 atom stereocenters. The summed E-state index contributed by atoms with van der Waals surface area (Å²) in [7, 11) is 1.55. The first-order chi connectivity index (χ1) is 13.2. The first kappa shape index (κ1) is 21.8. The van der Waals surface area contributed by atoms with Crippen LogP contribution in [0.2, 0.25) is 0 Å². The summed E-state index contributed by atoms with van der Waals surface area (Å²) in [6.45, 7) is 4.32. The summed E-state index contributed by atoms with van der Waals surface area (Å²) in [5.41, 5.74) is 2.66. The number of hydrogen-bond acceptors (Lipinski definition) is 3. The van der Waals surface area contributed by atoms with E-state index in [0.717, 1.165) is 24.5 Å². The molecule has 152 valence electrons. The van der Waals surface area contributed by atoms with Crippen molar-refractivity contribution in [2.45, 2.75) is 39.3 Å². The van der Waals surface area contributed by atoms with Crippen molar-refractivity contribution >= 4 is 11.4 Å². The Morgan fingerprint density at radius 1 is 1.07 bits per heavy atom. The number of hydrazine groups is 1. The van der Waals surface area contributed by atoms with Gasteiger partial charge in [-0.25, -0.2) is 5.84 Å². The SMILES string of the molecule is COc1ccc(N(N)/C(=C\CC(F)(F)F)c2ccc(CCC(C)C)cc2)cc1. The number of ether oxygens (including phenoxy) is 1. The number of alkyl halides is 3. The normalized spacial score (nSPS) is 12.4. The second kappa shape index (κ2) is 9.64. The monoisotopic (exact) mass is 392 g/mol. The van der Waals surface area contributed by atoms with Crippen LogP contribution in [0.15, 0.2) is 54.6 Å². The molecule has 0 aromatic heterocycles. The second-order valence-corrected chi connectivity index (χ2v) is 7.11. The number of aryl methyl sites for hydroxylation is 1. The average Bonchev–Trinajstić information content (AvgIpc) is 2.66. The number of halogens is 3. The highest BCUT2D eigenvalue weighted by atomic mass is 19.4. The van der Waals surface area contributed by atoms with Gasteiger partial charge in [0.15, 0.2) is 0 Å². The molecule has 0 fully saturated rings. The predicted molar refractivity (Wildman–Crippen MR) is 108 cm³/mol. The van der Waals surface area contributed by atoms with Crippen molar-refractivity contribution in [2.24, 2.45) is 11.8 Å². The van der Waals surface area contributed by atoms with Crippen LogP contribution in [0, 0.1) is 5.92 Å². The van der Waals surface area contributed by atoms with Crippen LogP contribution < -0.4 is 15.6 Å². The number of rotatable bonds is 8. The fourth-order valence-electron chi connectivity index (χ4n) is 2.75. The molecule has 0 aliphatic heterocycles. The summed E-state index contributed by atoms with van der Waals surface area (Å²) in [6.07, 6.45) is -2.24. The molecular formula is C22H27F3N2O. The average molecular weight is 392 g/mol. The molecule has 2 N–H and O–H groups in total. The van der Waals surface area contributed by atoms with Gasteiger partial charge in [0, 0.05) is 0 Å². The van der Waals surface area contributed by atoms with Gasteiger partial charge in [0.25, 0.3) is 0 Å². The number of anilines is 1. The van der Waals surface area contributed by atoms with Crippen LogP contribution in [0.5, 0.6) is 5.75 Å². The van der Waals surface area contributed by atoms with E-state index in [1.54, 1.807) is 31.4 Å². The lowest BCUT2D eigenvalue weighted by atomic mass is 10.0. The molecule has 0 aliphatic carbocycles. The van der Waals surface area contributed by atoms with E-state index in [2.05, 4.69) is 13.8 Å². The molecule has 0 spiro atoms. The minimum atomic E-state index is -4.30. The molecule has 0 unspecified atom stereocenters. The number of benzene rings is 2. The Morgan fingerprint density at radius 3 is 2.18 bits per heavy atom. The summed E-state index contributed by atoms with van der Waals surface area (Å²) < 4.78 is 43.6. The largest absolute Gasteiger partial charge is 0.497 e. The third kappa shape index (κ3) is 6.60. The Labute approximate surface area is 164 Å². The molecule has 28 heavy (non-hydrogen) atoms. The van der Waals surface area contributed by atoms with Crippen LogP contribution in [-0.4, -0.2) is 13.3 Å². The first-order valence-corrected chi connectivity index (χ1v) is 9.24. The van der Waals surface area contributed by atoms with E-state index in [1.165, 1.54) is 5.01 Å². The number of methoxy groups -OCH3 is 1. The van der Waals surface area contributed by atoms with Crippen molar-refractivity contribution in [1.29, 1.82) is 0 Å². The molecule has 0 saturated heterocycles. The highest BCUT2D eigenvalue weighted by molar-refractivity contribution is 5.78. The van der Waals surface area contributed by atoms with E-state index in [1.807, 2.05) is 24.3 Å². The summed E-state index contributed by atoms with van der Waals surface area (Å²) in [4.78, 5) is 0. The zero-order valence-electron chi connectivity index (χ0n) is 16.5. The summed E-state index contributed by atoms with van der Waals surface area (Å²) in [5, 5.41) is 1.27. The van der Waals surface area contributed by atoms with Crippen molar-refractivity contribution in [1.82, 2.24) is 0 Å². The van der Waals surface area contributed by atoms with E-state index in [0.29, 0.717) is 28.6 Å². The van der Waals surface area contributed by atoms with E-state index in [-0.39, 0.29) is 0 Å². The van der Waals surface area contributed by atoms with Crippen molar-refractivity contribution in [3.63, 3.8) is 0 Å². The van der Waals surface area contributed by atoms with Gasteiger partial charge >= 0.3 is 6.18 Å². The zero-order valence-corrected chi connectivity index (χ0v) is 16.5. The topological polar surface area (TPSA) is 38.5 Å². The minimum absolute atomic E-state index is 0.304. The minimum Gasteiger partial charge on any atom is -0.497 e. The molecule has 0 radical (unpaired) electrons.